The fourth-order valence-corrected chi connectivity index (χ4v) is 2.37. The lowest BCUT2D eigenvalue weighted by molar-refractivity contribution is -0.142. The van der Waals surface area contributed by atoms with Gasteiger partial charge in [0.1, 0.15) is 0 Å². The summed E-state index contributed by atoms with van der Waals surface area (Å²) in [5.74, 6) is 1.50. The molecule has 0 bridgehead atoms. The summed E-state index contributed by atoms with van der Waals surface area (Å²) in [5.41, 5.74) is 0. The zero-order valence-corrected chi connectivity index (χ0v) is 7.26. The van der Waals surface area contributed by atoms with E-state index in [0.717, 1.165) is 11.5 Å². The summed E-state index contributed by atoms with van der Waals surface area (Å²) in [6, 6.07) is 0. The van der Waals surface area contributed by atoms with Gasteiger partial charge >= 0.3 is 5.97 Å². The lowest BCUT2D eigenvalue weighted by Gasteiger charge is -2.10. The SMILES string of the molecule is COC(=O)C[C@H]1CSC[C@H]1O. The van der Waals surface area contributed by atoms with Crippen molar-refractivity contribution in [3.63, 3.8) is 0 Å². The molecular weight excluding hydrogens is 164 g/mol. The molecule has 1 saturated heterocycles. The first-order valence-corrected chi connectivity index (χ1v) is 4.72. The van der Waals surface area contributed by atoms with Crippen LogP contribution in [-0.2, 0) is 9.53 Å². The molecule has 0 aromatic rings. The van der Waals surface area contributed by atoms with Crippen LogP contribution >= 0.6 is 11.8 Å². The van der Waals surface area contributed by atoms with Crippen molar-refractivity contribution in [2.24, 2.45) is 5.92 Å². The Morgan fingerprint density at radius 3 is 2.91 bits per heavy atom. The van der Waals surface area contributed by atoms with Crippen LogP contribution in [0.2, 0.25) is 0 Å². The Balaban J connectivity index is 2.30. The molecule has 1 aliphatic heterocycles. The number of ether oxygens (including phenoxy) is 1. The van der Waals surface area contributed by atoms with Gasteiger partial charge < -0.3 is 9.84 Å². The van der Waals surface area contributed by atoms with Gasteiger partial charge in [-0.05, 0) is 5.75 Å². The van der Waals surface area contributed by atoms with Gasteiger partial charge in [0.05, 0.1) is 19.6 Å². The van der Waals surface area contributed by atoms with Crippen LogP contribution < -0.4 is 0 Å². The van der Waals surface area contributed by atoms with Gasteiger partial charge in [-0.1, -0.05) is 0 Å². The zero-order chi connectivity index (χ0) is 8.27. The van der Waals surface area contributed by atoms with Crippen LogP contribution in [0.4, 0.5) is 0 Å². The number of thioether (sulfide) groups is 1. The van der Waals surface area contributed by atoms with Crippen LogP contribution in [-0.4, -0.2) is 35.8 Å². The molecule has 0 saturated carbocycles. The average molecular weight is 176 g/mol. The van der Waals surface area contributed by atoms with Crippen molar-refractivity contribution in [2.75, 3.05) is 18.6 Å². The Bertz CT molecular complexity index is 149. The summed E-state index contributed by atoms with van der Waals surface area (Å²) in [4.78, 5) is 10.8. The highest BCUT2D eigenvalue weighted by molar-refractivity contribution is 7.99. The largest absolute Gasteiger partial charge is 0.469 e. The molecule has 1 N–H and O–H groups in total. The van der Waals surface area contributed by atoms with Crippen molar-refractivity contribution in [3.05, 3.63) is 0 Å². The lowest BCUT2D eigenvalue weighted by atomic mass is 10.0. The highest BCUT2D eigenvalue weighted by Gasteiger charge is 2.27. The number of esters is 1. The Labute approximate surface area is 70.1 Å². The molecule has 0 aliphatic carbocycles. The van der Waals surface area contributed by atoms with Gasteiger partial charge in [-0.3, -0.25) is 4.79 Å². The molecule has 3 nitrogen and oxygen atoms in total. The number of methoxy groups -OCH3 is 1. The first-order chi connectivity index (χ1) is 5.24. The third-order valence-corrected chi connectivity index (χ3v) is 3.06. The second kappa shape index (κ2) is 3.97. The molecule has 0 aromatic carbocycles. The standard InChI is InChI=1S/C7H12O3S/c1-10-7(9)2-5-3-11-4-6(5)8/h5-6,8H,2-4H2,1H3/t5-,6+/m0/s1. The van der Waals surface area contributed by atoms with Crippen molar-refractivity contribution in [2.45, 2.75) is 12.5 Å². The maximum absolute atomic E-state index is 10.8. The number of carbonyl (C=O) groups excluding carboxylic acids is 1. The molecule has 0 spiro atoms. The van der Waals surface area contributed by atoms with Crippen LogP contribution in [0.1, 0.15) is 6.42 Å². The van der Waals surface area contributed by atoms with E-state index in [1.165, 1.54) is 7.11 Å². The first kappa shape index (κ1) is 8.87. The highest BCUT2D eigenvalue weighted by atomic mass is 32.2. The molecule has 0 radical (unpaired) electrons. The second-order valence-corrected chi connectivity index (χ2v) is 3.72. The third kappa shape index (κ3) is 2.38. The van der Waals surface area contributed by atoms with Crippen LogP contribution in [0.25, 0.3) is 0 Å². The van der Waals surface area contributed by atoms with Gasteiger partial charge in [0.25, 0.3) is 0 Å². The number of hydrogen-bond acceptors (Lipinski definition) is 4. The minimum Gasteiger partial charge on any atom is -0.469 e. The summed E-state index contributed by atoms with van der Waals surface area (Å²) in [6.45, 7) is 0. The number of rotatable bonds is 2. The predicted octanol–water partition coefficient (Wildman–Crippen LogP) is 0.273. The topological polar surface area (TPSA) is 46.5 Å². The second-order valence-electron chi connectivity index (χ2n) is 2.65. The van der Waals surface area contributed by atoms with Crippen LogP contribution in [0.15, 0.2) is 0 Å². The normalized spacial score (nSPS) is 30.4. The van der Waals surface area contributed by atoms with Gasteiger partial charge in [0, 0.05) is 11.7 Å². The summed E-state index contributed by atoms with van der Waals surface area (Å²) in [5, 5.41) is 9.30. The number of aliphatic hydroxyl groups is 1. The molecule has 64 valence electrons. The van der Waals surface area contributed by atoms with Gasteiger partial charge in [-0.2, -0.15) is 11.8 Å². The lowest BCUT2D eigenvalue weighted by Crippen LogP contribution is -2.21. The van der Waals surface area contributed by atoms with E-state index in [-0.39, 0.29) is 18.0 Å². The van der Waals surface area contributed by atoms with Crippen molar-refractivity contribution in [3.8, 4) is 0 Å². The molecule has 1 rings (SSSR count). The first-order valence-electron chi connectivity index (χ1n) is 3.56. The van der Waals surface area contributed by atoms with E-state index in [9.17, 15) is 9.90 Å². The molecule has 0 aromatic heterocycles. The summed E-state index contributed by atoms with van der Waals surface area (Å²) >= 11 is 1.68. The Kier molecular flexibility index (Phi) is 3.20. The van der Waals surface area contributed by atoms with Crippen molar-refractivity contribution < 1.29 is 14.6 Å². The maximum Gasteiger partial charge on any atom is 0.305 e. The van der Waals surface area contributed by atoms with Crippen molar-refractivity contribution in [1.82, 2.24) is 0 Å². The molecule has 1 fully saturated rings. The van der Waals surface area contributed by atoms with E-state index < -0.39 is 0 Å². The van der Waals surface area contributed by atoms with Gasteiger partial charge in [-0.15, -0.1) is 0 Å². The van der Waals surface area contributed by atoms with Crippen LogP contribution in [0.3, 0.4) is 0 Å². The average Bonchev–Trinajstić information content (AvgIpc) is 2.37. The molecule has 11 heavy (non-hydrogen) atoms. The fraction of sp³-hybridized carbons (Fsp3) is 0.857. The molecule has 2 atom stereocenters. The predicted molar refractivity (Wildman–Crippen MR) is 43.5 cm³/mol. The third-order valence-electron chi connectivity index (χ3n) is 1.82. The van der Waals surface area contributed by atoms with E-state index in [4.69, 9.17) is 0 Å². The van der Waals surface area contributed by atoms with Gasteiger partial charge in [-0.25, -0.2) is 0 Å². The Morgan fingerprint density at radius 2 is 2.45 bits per heavy atom. The van der Waals surface area contributed by atoms with E-state index in [1.807, 2.05) is 0 Å². The molecule has 0 amide bonds. The number of aliphatic hydroxyl groups excluding tert-OH is 1. The van der Waals surface area contributed by atoms with Crippen molar-refractivity contribution >= 4 is 17.7 Å². The maximum atomic E-state index is 10.8. The van der Waals surface area contributed by atoms with Crippen LogP contribution in [0, 0.1) is 5.92 Å². The Morgan fingerprint density at radius 1 is 1.73 bits per heavy atom. The molecule has 1 aliphatic rings. The smallest absolute Gasteiger partial charge is 0.305 e. The highest BCUT2D eigenvalue weighted by Crippen LogP contribution is 2.26. The summed E-state index contributed by atoms with van der Waals surface area (Å²) < 4.78 is 4.50. The monoisotopic (exact) mass is 176 g/mol. The van der Waals surface area contributed by atoms with E-state index in [0.29, 0.717) is 6.42 Å². The number of carbonyl (C=O) groups is 1. The van der Waals surface area contributed by atoms with Crippen LogP contribution in [0.5, 0.6) is 0 Å². The zero-order valence-electron chi connectivity index (χ0n) is 6.45. The minimum absolute atomic E-state index is 0.104. The van der Waals surface area contributed by atoms with E-state index >= 15 is 0 Å². The molecule has 1 heterocycles. The summed E-state index contributed by atoms with van der Waals surface area (Å²) in [7, 11) is 1.37. The summed E-state index contributed by atoms with van der Waals surface area (Å²) in [6.07, 6.45) is 0.0316. The van der Waals surface area contributed by atoms with E-state index in [1.54, 1.807) is 11.8 Å². The quantitative estimate of drug-likeness (QED) is 0.614. The van der Waals surface area contributed by atoms with Gasteiger partial charge in [0.2, 0.25) is 0 Å². The molecule has 4 heteroatoms. The Hall–Kier alpha value is -0.220. The minimum atomic E-state index is -0.320. The fourth-order valence-electron chi connectivity index (χ4n) is 1.08. The molecular formula is C7H12O3S. The van der Waals surface area contributed by atoms with Crippen molar-refractivity contribution in [1.29, 1.82) is 0 Å². The number of hydrogen-bond donors (Lipinski definition) is 1. The van der Waals surface area contributed by atoms with E-state index in [2.05, 4.69) is 4.74 Å². The molecule has 0 unspecified atom stereocenters. The van der Waals surface area contributed by atoms with Gasteiger partial charge in [0.15, 0.2) is 0 Å².